The van der Waals surface area contributed by atoms with Gasteiger partial charge in [0.2, 0.25) is 0 Å². The second kappa shape index (κ2) is 52.2. The molecule has 0 aromatic heterocycles. The topological polar surface area (TPSA) is 0 Å². The molecule has 0 bridgehead atoms. The van der Waals surface area contributed by atoms with Gasteiger partial charge in [-0.15, -0.1) is 29.5 Å². The summed E-state index contributed by atoms with van der Waals surface area (Å²) in [5.41, 5.74) is 1.21. The fourth-order valence-corrected chi connectivity index (χ4v) is 0.749. The Morgan fingerprint density at radius 1 is 0.632 bits per heavy atom. The molecule has 11 radical (unpaired) electrons. The van der Waals surface area contributed by atoms with Gasteiger partial charge in [0, 0.05) is 360 Å². The van der Waals surface area contributed by atoms with Crippen molar-refractivity contribution in [1.82, 2.24) is 0 Å². The molecule has 0 aliphatic carbocycles. The van der Waals surface area contributed by atoms with Gasteiger partial charge in [-0.3, -0.25) is 17.7 Å². The Balaban J connectivity index is -0.00000000646. The van der Waals surface area contributed by atoms with Gasteiger partial charge in [-0.25, -0.2) is 3.57 Å². The molecule has 0 saturated carbocycles. The Morgan fingerprint density at radius 2 is 0.842 bits per heavy atom. The van der Waals surface area contributed by atoms with Crippen molar-refractivity contribution in [2.24, 2.45) is 0 Å². The van der Waals surface area contributed by atoms with Gasteiger partial charge in [0.05, 0.1) is 0 Å². The average Bonchev–Trinajstić information content (AvgIpc) is 1.77. The summed E-state index contributed by atoms with van der Waals surface area (Å²) in [6.45, 7) is 2.03. The summed E-state index contributed by atoms with van der Waals surface area (Å²) in [7, 11) is 0. The zero-order valence-corrected chi connectivity index (χ0v) is 44.3. The molecular formula is C7H5IY11-2. The Bertz CT molecular complexity index is 162. The van der Waals surface area contributed by atoms with Gasteiger partial charge < -0.3 is 12.1 Å². The monoisotopic (exact) mass is 1190 g/mol. The van der Waals surface area contributed by atoms with Gasteiger partial charge in [-0.1, -0.05) is 0 Å². The number of hydrogen-bond acceptors (Lipinski definition) is 0. The van der Waals surface area contributed by atoms with Gasteiger partial charge in [-0.05, 0) is 0 Å². The summed E-state index contributed by atoms with van der Waals surface area (Å²) in [4.78, 5) is 0. The van der Waals surface area contributed by atoms with Gasteiger partial charge in [0.15, 0.2) is 0 Å². The average molecular weight is 1190 g/mol. The molecule has 19 heavy (non-hydrogen) atoms. The third-order valence-electron chi connectivity index (χ3n) is 0.853. The maximum atomic E-state index is 3.03. The van der Waals surface area contributed by atoms with Crippen LogP contribution in [0.1, 0.15) is 5.56 Å². The first-order valence-corrected chi connectivity index (χ1v) is 3.42. The van der Waals surface area contributed by atoms with E-state index < -0.39 is 0 Å². The maximum Gasteiger partial charge on any atom is 0 e. The molecule has 0 fully saturated rings. The van der Waals surface area contributed by atoms with E-state index in [1.54, 1.807) is 0 Å². The summed E-state index contributed by atoms with van der Waals surface area (Å²) in [5.74, 6) is 0. The SMILES string of the molecule is Cc1c[c-]c(I)[c-]c1.[Y].[Y].[Y].[Y].[Y].[Y].[Y].[Y].[Y].[Y].[Y]. The minimum atomic E-state index is 0. The van der Waals surface area contributed by atoms with Crippen molar-refractivity contribution >= 4 is 22.6 Å². The van der Waals surface area contributed by atoms with E-state index in [0.717, 1.165) is 3.57 Å². The molecular weight excluding hydrogens is 1190 g/mol. The fraction of sp³-hybridized carbons (Fsp3) is 0.143. The molecule has 1 rings (SSSR count). The maximum absolute atomic E-state index is 3.03. The fourth-order valence-electron chi connectivity index (χ4n) is 0.438. The van der Waals surface area contributed by atoms with E-state index in [-0.39, 0.29) is 360 Å². The molecule has 1 aromatic rings. The van der Waals surface area contributed by atoms with E-state index in [0.29, 0.717) is 0 Å². The summed E-state index contributed by atoms with van der Waals surface area (Å²) in [6.07, 6.45) is 0. The zero-order chi connectivity index (χ0) is 5.98. The smallest absolute Gasteiger partial charge is 0 e. The van der Waals surface area contributed by atoms with Crippen molar-refractivity contribution in [3.05, 3.63) is 33.4 Å². The van der Waals surface area contributed by atoms with Crippen LogP contribution in [0, 0.1) is 22.6 Å². The Morgan fingerprint density at radius 3 is 1.00 bits per heavy atom. The van der Waals surface area contributed by atoms with Crippen LogP contribution in [-0.4, -0.2) is 0 Å². The molecule has 75 valence electrons. The number of aryl methyl sites for hydroxylation is 1. The van der Waals surface area contributed by atoms with Crippen LogP contribution >= 0.6 is 22.6 Å². The van der Waals surface area contributed by atoms with Crippen molar-refractivity contribution in [3.8, 4) is 0 Å². The van der Waals surface area contributed by atoms with E-state index in [9.17, 15) is 0 Å². The molecule has 0 aliphatic heterocycles. The van der Waals surface area contributed by atoms with Crippen molar-refractivity contribution < 1.29 is 360 Å². The zero-order valence-electron chi connectivity index (χ0n) is 10.9. The first-order chi connectivity index (χ1) is 3.79. The van der Waals surface area contributed by atoms with Crippen molar-refractivity contribution in [2.45, 2.75) is 6.92 Å². The Labute approximate surface area is 408 Å². The molecule has 0 atom stereocenters. The van der Waals surface area contributed by atoms with Crippen LogP contribution in [0.4, 0.5) is 0 Å². The molecule has 0 nitrogen and oxygen atoms in total. The molecule has 0 saturated heterocycles. The Hall–Kier alpha value is 12.1. The summed E-state index contributed by atoms with van der Waals surface area (Å²) >= 11 is 2.19. The second-order valence-corrected chi connectivity index (χ2v) is 2.71. The normalized spacial score (nSPS) is 3.89. The molecule has 0 heterocycles. The van der Waals surface area contributed by atoms with Gasteiger partial charge in [0.1, 0.15) is 0 Å². The number of benzene rings is 1. The third kappa shape index (κ3) is 48.7. The predicted octanol–water partition coefficient (Wildman–Crippen LogP) is 2.17. The minimum Gasteiger partial charge on any atom is -0.345 e. The van der Waals surface area contributed by atoms with Crippen LogP contribution in [0.15, 0.2) is 12.1 Å². The Kier molecular flexibility index (Phi) is 192. The number of hydrogen-bond donors (Lipinski definition) is 0. The molecule has 0 amide bonds. The minimum absolute atomic E-state index is 0. The quantitative estimate of drug-likeness (QED) is 0.277. The second-order valence-electron chi connectivity index (χ2n) is 1.64. The standard InChI is InChI=1S/C7H5I.11Y/c1-6-2-4-7(8)5-3-6;;;;;;;;;;;/h2-3H,1H3;;;;;;;;;;;/q-2;;;;;;;;;;;. The molecule has 0 aliphatic rings. The van der Waals surface area contributed by atoms with Crippen LogP contribution < -0.4 is 0 Å². The van der Waals surface area contributed by atoms with Gasteiger partial charge in [0.25, 0.3) is 0 Å². The van der Waals surface area contributed by atoms with Crippen molar-refractivity contribution in [2.75, 3.05) is 0 Å². The van der Waals surface area contributed by atoms with Crippen LogP contribution in [-0.2, 0) is 360 Å². The number of halogens is 1. The van der Waals surface area contributed by atoms with E-state index in [1.807, 2.05) is 19.1 Å². The molecule has 0 spiro atoms. The van der Waals surface area contributed by atoms with Crippen molar-refractivity contribution in [3.63, 3.8) is 0 Å². The number of rotatable bonds is 0. The summed E-state index contributed by atoms with van der Waals surface area (Å²) < 4.78 is 1.05. The van der Waals surface area contributed by atoms with Gasteiger partial charge in [-0.2, -0.15) is 0 Å². The first kappa shape index (κ1) is 69.7. The van der Waals surface area contributed by atoms with Crippen LogP contribution in [0.5, 0.6) is 0 Å². The predicted molar refractivity (Wildman–Crippen MR) is 41.6 cm³/mol. The van der Waals surface area contributed by atoms with Crippen LogP contribution in [0.2, 0.25) is 0 Å². The summed E-state index contributed by atoms with van der Waals surface area (Å²) in [6, 6.07) is 9.97. The van der Waals surface area contributed by atoms with E-state index in [1.165, 1.54) is 5.56 Å². The molecule has 0 unspecified atom stereocenters. The van der Waals surface area contributed by atoms with Crippen LogP contribution in [0.25, 0.3) is 0 Å². The largest absolute Gasteiger partial charge is 0.345 e. The first-order valence-electron chi connectivity index (χ1n) is 2.34. The van der Waals surface area contributed by atoms with E-state index in [2.05, 4.69) is 34.7 Å². The molecule has 0 N–H and O–H groups in total. The third-order valence-corrected chi connectivity index (χ3v) is 1.48. The summed E-state index contributed by atoms with van der Waals surface area (Å²) in [5, 5.41) is 0. The molecule has 1 aromatic carbocycles. The van der Waals surface area contributed by atoms with E-state index >= 15 is 0 Å². The van der Waals surface area contributed by atoms with Crippen molar-refractivity contribution in [1.29, 1.82) is 0 Å². The van der Waals surface area contributed by atoms with E-state index in [4.69, 9.17) is 0 Å². The molecule has 12 heteroatoms. The van der Waals surface area contributed by atoms with Gasteiger partial charge >= 0.3 is 0 Å². The van der Waals surface area contributed by atoms with Crippen LogP contribution in [0.3, 0.4) is 0 Å².